The molecule has 1 aliphatic rings. The fourth-order valence-corrected chi connectivity index (χ4v) is 3.98. The zero-order valence-corrected chi connectivity index (χ0v) is 20.4. The minimum atomic E-state index is -0.0979. The topological polar surface area (TPSA) is 84.9 Å². The number of hydrogen-bond acceptors (Lipinski definition) is 7. The van der Waals surface area contributed by atoms with Crippen LogP contribution in [0.2, 0.25) is 0 Å². The second-order valence-corrected chi connectivity index (χ2v) is 8.41. The van der Waals surface area contributed by atoms with Gasteiger partial charge in [-0.3, -0.25) is 9.59 Å². The van der Waals surface area contributed by atoms with Gasteiger partial charge in [-0.05, 0) is 49.2 Å². The monoisotopic (exact) mass is 474 g/mol. The highest BCUT2D eigenvalue weighted by Crippen LogP contribution is 2.28. The summed E-state index contributed by atoms with van der Waals surface area (Å²) < 4.78 is 11.0. The van der Waals surface area contributed by atoms with Crippen LogP contribution in [0.4, 0.5) is 5.82 Å². The predicted octanol–water partition coefficient (Wildman–Crippen LogP) is 3.64. The summed E-state index contributed by atoms with van der Waals surface area (Å²) in [6.45, 7) is 6.01. The molecule has 1 saturated heterocycles. The molecule has 0 unspecified atom stereocenters. The first-order valence-electron chi connectivity index (χ1n) is 11.8. The van der Waals surface area contributed by atoms with Gasteiger partial charge in [-0.2, -0.15) is 0 Å². The van der Waals surface area contributed by atoms with Crippen molar-refractivity contribution in [2.75, 3.05) is 44.8 Å². The van der Waals surface area contributed by atoms with E-state index in [0.717, 1.165) is 23.5 Å². The summed E-state index contributed by atoms with van der Waals surface area (Å²) in [4.78, 5) is 28.2. The Hall–Kier alpha value is -3.94. The zero-order valence-electron chi connectivity index (χ0n) is 20.4. The summed E-state index contributed by atoms with van der Waals surface area (Å²) >= 11 is 0. The van der Waals surface area contributed by atoms with E-state index in [0.29, 0.717) is 43.2 Å². The molecule has 182 valence electrons. The maximum absolute atomic E-state index is 12.7. The van der Waals surface area contributed by atoms with Crippen molar-refractivity contribution in [2.45, 2.75) is 20.3 Å². The van der Waals surface area contributed by atoms with Gasteiger partial charge in [0.15, 0.2) is 29.7 Å². The molecule has 0 aliphatic carbocycles. The number of piperazine rings is 1. The molecule has 2 aromatic carbocycles. The first-order valence-corrected chi connectivity index (χ1v) is 11.8. The Labute approximate surface area is 205 Å². The van der Waals surface area contributed by atoms with Crippen LogP contribution in [0.1, 0.15) is 29.8 Å². The van der Waals surface area contributed by atoms with Gasteiger partial charge in [-0.25, -0.2) is 0 Å². The molecule has 0 radical (unpaired) electrons. The molecule has 3 aromatic rings. The Balaban J connectivity index is 1.30. The van der Waals surface area contributed by atoms with Crippen molar-refractivity contribution in [1.82, 2.24) is 15.1 Å². The van der Waals surface area contributed by atoms with E-state index >= 15 is 0 Å². The molecule has 0 spiro atoms. The Kier molecular flexibility index (Phi) is 7.60. The van der Waals surface area contributed by atoms with Crippen molar-refractivity contribution in [2.24, 2.45) is 0 Å². The smallest absolute Gasteiger partial charge is 0.260 e. The van der Waals surface area contributed by atoms with Crippen molar-refractivity contribution in [3.05, 3.63) is 65.7 Å². The summed E-state index contributed by atoms with van der Waals surface area (Å²) in [5.74, 6) is 1.51. The highest BCUT2D eigenvalue weighted by Gasteiger charge is 2.23. The number of carbonyl (C=O) groups excluding carboxylic acids is 2. The van der Waals surface area contributed by atoms with E-state index in [1.165, 1.54) is 19.6 Å². The van der Waals surface area contributed by atoms with Gasteiger partial charge in [0, 0.05) is 37.3 Å². The number of rotatable bonds is 8. The van der Waals surface area contributed by atoms with E-state index in [9.17, 15) is 9.59 Å². The van der Waals surface area contributed by atoms with E-state index < -0.39 is 0 Å². The SMILES string of the molecule is CCc1ccc(-c2ccc(N3CCN(C(=O)COc4ccc(C(C)=O)cc4OC)CC3)nn2)cc1. The molecule has 0 N–H and O–H groups in total. The van der Waals surface area contributed by atoms with Crippen LogP contribution in [0.3, 0.4) is 0 Å². The number of aryl methyl sites for hydroxylation is 1. The third-order valence-corrected chi connectivity index (χ3v) is 6.19. The lowest BCUT2D eigenvalue weighted by atomic mass is 10.1. The van der Waals surface area contributed by atoms with E-state index in [2.05, 4.69) is 46.3 Å². The number of benzene rings is 2. The summed E-state index contributed by atoms with van der Waals surface area (Å²) in [5.41, 5.74) is 3.71. The highest BCUT2D eigenvalue weighted by molar-refractivity contribution is 5.94. The molecule has 1 aromatic heterocycles. The number of ether oxygens (including phenoxy) is 2. The number of carbonyl (C=O) groups is 2. The first kappa shape index (κ1) is 24.2. The molecule has 1 fully saturated rings. The van der Waals surface area contributed by atoms with Crippen LogP contribution in [-0.2, 0) is 11.2 Å². The Morgan fingerprint density at radius 1 is 0.914 bits per heavy atom. The molecular weight excluding hydrogens is 444 g/mol. The van der Waals surface area contributed by atoms with Crippen LogP contribution in [-0.4, -0.2) is 66.7 Å². The second kappa shape index (κ2) is 11.0. The zero-order chi connectivity index (χ0) is 24.8. The molecule has 0 saturated carbocycles. The van der Waals surface area contributed by atoms with E-state index in [1.807, 2.05) is 12.1 Å². The standard InChI is InChI=1S/C27H30N4O4/c1-4-20-5-7-21(8-6-20)23-10-12-26(29-28-23)30-13-15-31(16-14-30)27(33)18-35-24-11-9-22(19(2)32)17-25(24)34-3/h5-12,17H,4,13-16,18H2,1-3H3. The molecular formula is C27H30N4O4. The average molecular weight is 475 g/mol. The number of Topliss-reactive ketones (excluding diaryl/α,β-unsaturated/α-hetero) is 1. The maximum Gasteiger partial charge on any atom is 0.260 e. The number of hydrogen-bond donors (Lipinski definition) is 0. The van der Waals surface area contributed by atoms with Gasteiger partial charge in [-0.15, -0.1) is 10.2 Å². The fourth-order valence-electron chi connectivity index (χ4n) is 3.98. The lowest BCUT2D eigenvalue weighted by Crippen LogP contribution is -2.50. The number of anilines is 1. The van der Waals surface area contributed by atoms with Crippen molar-refractivity contribution in [1.29, 1.82) is 0 Å². The largest absolute Gasteiger partial charge is 0.493 e. The van der Waals surface area contributed by atoms with Gasteiger partial charge >= 0.3 is 0 Å². The minimum Gasteiger partial charge on any atom is -0.493 e. The summed E-state index contributed by atoms with van der Waals surface area (Å²) in [5, 5.41) is 8.82. The summed E-state index contributed by atoms with van der Waals surface area (Å²) in [6.07, 6.45) is 1.01. The minimum absolute atomic E-state index is 0.0613. The van der Waals surface area contributed by atoms with Crippen LogP contribution >= 0.6 is 0 Å². The van der Waals surface area contributed by atoms with Gasteiger partial charge in [-0.1, -0.05) is 31.2 Å². The third kappa shape index (κ3) is 5.77. The van der Waals surface area contributed by atoms with Crippen LogP contribution < -0.4 is 14.4 Å². The molecule has 8 nitrogen and oxygen atoms in total. The molecule has 0 atom stereocenters. The number of nitrogens with zero attached hydrogens (tertiary/aromatic N) is 4. The van der Waals surface area contributed by atoms with Crippen molar-refractivity contribution < 1.29 is 19.1 Å². The molecule has 1 amide bonds. The molecule has 4 rings (SSSR count). The Morgan fingerprint density at radius 3 is 2.26 bits per heavy atom. The number of ketones is 1. The van der Waals surface area contributed by atoms with Crippen molar-refractivity contribution in [3.63, 3.8) is 0 Å². The maximum atomic E-state index is 12.7. The number of aromatic nitrogens is 2. The number of methoxy groups -OCH3 is 1. The molecule has 35 heavy (non-hydrogen) atoms. The second-order valence-electron chi connectivity index (χ2n) is 8.41. The van der Waals surface area contributed by atoms with Gasteiger partial charge in [0.25, 0.3) is 5.91 Å². The predicted molar refractivity (Wildman–Crippen MR) is 134 cm³/mol. The lowest BCUT2D eigenvalue weighted by molar-refractivity contribution is -0.133. The molecule has 8 heteroatoms. The fraction of sp³-hybridized carbons (Fsp3) is 0.333. The van der Waals surface area contributed by atoms with Crippen LogP contribution in [0.15, 0.2) is 54.6 Å². The highest BCUT2D eigenvalue weighted by atomic mass is 16.5. The normalized spacial score (nSPS) is 13.5. The third-order valence-electron chi connectivity index (χ3n) is 6.19. The van der Waals surface area contributed by atoms with Gasteiger partial charge in [0.1, 0.15) is 0 Å². The van der Waals surface area contributed by atoms with Gasteiger partial charge in [0.05, 0.1) is 12.8 Å². The van der Waals surface area contributed by atoms with Crippen LogP contribution in [0.5, 0.6) is 11.5 Å². The van der Waals surface area contributed by atoms with Crippen molar-refractivity contribution >= 4 is 17.5 Å². The average Bonchev–Trinajstić information content (AvgIpc) is 2.91. The number of amides is 1. The summed E-state index contributed by atoms with van der Waals surface area (Å²) in [7, 11) is 1.50. The van der Waals surface area contributed by atoms with E-state index in [4.69, 9.17) is 9.47 Å². The Morgan fingerprint density at radius 2 is 1.66 bits per heavy atom. The molecule has 2 heterocycles. The van der Waals surface area contributed by atoms with Gasteiger partial charge in [0.2, 0.25) is 0 Å². The van der Waals surface area contributed by atoms with Crippen molar-refractivity contribution in [3.8, 4) is 22.8 Å². The van der Waals surface area contributed by atoms with Gasteiger partial charge < -0.3 is 19.3 Å². The molecule has 0 bridgehead atoms. The van der Waals surface area contributed by atoms with Crippen LogP contribution in [0, 0.1) is 0 Å². The quantitative estimate of drug-likeness (QED) is 0.461. The summed E-state index contributed by atoms with van der Waals surface area (Å²) in [6, 6.07) is 17.3. The first-order chi connectivity index (χ1) is 17.0. The van der Waals surface area contributed by atoms with E-state index in [1.54, 1.807) is 23.1 Å². The van der Waals surface area contributed by atoms with E-state index in [-0.39, 0.29) is 18.3 Å². The lowest BCUT2D eigenvalue weighted by Gasteiger charge is -2.35. The Bertz CT molecular complexity index is 1170. The molecule has 1 aliphatic heterocycles. The van der Waals surface area contributed by atoms with Crippen LogP contribution in [0.25, 0.3) is 11.3 Å².